The Bertz CT molecular complexity index is 527. The van der Waals surface area contributed by atoms with Crippen LogP contribution in [-0.2, 0) is 4.74 Å². The fourth-order valence-corrected chi connectivity index (χ4v) is 1.62. The van der Waals surface area contributed by atoms with Crippen LogP contribution in [0.25, 0.3) is 0 Å². The van der Waals surface area contributed by atoms with Crippen molar-refractivity contribution in [1.29, 1.82) is 0 Å². The van der Waals surface area contributed by atoms with Gasteiger partial charge in [-0.2, -0.15) is 0 Å². The van der Waals surface area contributed by atoms with E-state index in [0.717, 1.165) is 0 Å². The lowest BCUT2D eigenvalue weighted by Crippen LogP contribution is -2.39. The standard InChI is InChI=1S/C11H11ClF2N2O4/c1-20-5-6(4-12)15-11(17)7-2-8(13)9(14)3-10(7)16(18)19/h2-3,6H,4-5H2,1H3,(H,15,17). The van der Waals surface area contributed by atoms with E-state index >= 15 is 0 Å². The van der Waals surface area contributed by atoms with E-state index in [4.69, 9.17) is 16.3 Å². The van der Waals surface area contributed by atoms with E-state index in [2.05, 4.69) is 5.32 Å². The number of rotatable bonds is 6. The van der Waals surface area contributed by atoms with Crippen molar-refractivity contribution in [2.45, 2.75) is 6.04 Å². The number of alkyl halides is 1. The lowest BCUT2D eigenvalue weighted by Gasteiger charge is -2.15. The van der Waals surface area contributed by atoms with Crippen LogP contribution in [0.15, 0.2) is 12.1 Å². The van der Waals surface area contributed by atoms with Gasteiger partial charge in [0.25, 0.3) is 11.6 Å². The van der Waals surface area contributed by atoms with Crippen molar-refractivity contribution in [3.8, 4) is 0 Å². The molecule has 0 aromatic heterocycles. The van der Waals surface area contributed by atoms with Crippen molar-refractivity contribution in [2.24, 2.45) is 0 Å². The minimum Gasteiger partial charge on any atom is -0.383 e. The minimum atomic E-state index is -1.40. The number of halogens is 3. The summed E-state index contributed by atoms with van der Waals surface area (Å²) in [5.74, 6) is -3.69. The van der Waals surface area contributed by atoms with Gasteiger partial charge >= 0.3 is 0 Å². The number of nitro groups is 1. The predicted molar refractivity (Wildman–Crippen MR) is 66.9 cm³/mol. The normalized spacial score (nSPS) is 12.0. The second-order valence-electron chi connectivity index (χ2n) is 3.82. The molecule has 0 aliphatic carbocycles. The fourth-order valence-electron chi connectivity index (χ4n) is 1.46. The molecule has 1 atom stereocenters. The second-order valence-corrected chi connectivity index (χ2v) is 4.13. The highest BCUT2D eigenvalue weighted by Crippen LogP contribution is 2.22. The van der Waals surface area contributed by atoms with Crippen molar-refractivity contribution in [3.05, 3.63) is 39.4 Å². The highest BCUT2D eigenvalue weighted by atomic mass is 35.5. The molecule has 6 nitrogen and oxygen atoms in total. The zero-order valence-electron chi connectivity index (χ0n) is 10.4. The van der Waals surface area contributed by atoms with E-state index in [-0.39, 0.29) is 12.5 Å². The van der Waals surface area contributed by atoms with Crippen LogP contribution in [0.1, 0.15) is 10.4 Å². The molecule has 0 saturated carbocycles. The van der Waals surface area contributed by atoms with Gasteiger partial charge in [0.15, 0.2) is 11.6 Å². The molecule has 1 rings (SSSR count). The van der Waals surface area contributed by atoms with Crippen LogP contribution in [-0.4, -0.2) is 36.5 Å². The Kier molecular flexibility index (Phi) is 5.78. The summed E-state index contributed by atoms with van der Waals surface area (Å²) in [4.78, 5) is 21.6. The first kappa shape index (κ1) is 16.3. The van der Waals surface area contributed by atoms with Crippen molar-refractivity contribution >= 4 is 23.2 Å². The third-order valence-corrected chi connectivity index (χ3v) is 2.74. The first-order valence-corrected chi connectivity index (χ1v) is 5.93. The Labute approximate surface area is 117 Å². The van der Waals surface area contributed by atoms with Gasteiger partial charge in [-0.1, -0.05) is 0 Å². The van der Waals surface area contributed by atoms with Crippen LogP contribution < -0.4 is 5.32 Å². The lowest BCUT2D eigenvalue weighted by atomic mass is 10.1. The Balaban J connectivity index is 3.08. The smallest absolute Gasteiger partial charge is 0.285 e. The van der Waals surface area contributed by atoms with Crippen LogP contribution in [0.5, 0.6) is 0 Å². The van der Waals surface area contributed by atoms with E-state index in [9.17, 15) is 23.7 Å². The number of hydrogen-bond acceptors (Lipinski definition) is 4. The number of nitrogens with one attached hydrogen (secondary N) is 1. The summed E-state index contributed by atoms with van der Waals surface area (Å²) in [5.41, 5.74) is -1.41. The molecule has 1 aromatic rings. The number of benzene rings is 1. The SMILES string of the molecule is COCC(CCl)NC(=O)c1cc(F)c(F)cc1[N+](=O)[O-]. The van der Waals surface area contributed by atoms with Gasteiger partial charge in [-0.05, 0) is 6.07 Å². The maximum atomic E-state index is 13.1. The quantitative estimate of drug-likeness (QED) is 0.494. The van der Waals surface area contributed by atoms with Crippen molar-refractivity contribution < 1.29 is 23.2 Å². The molecule has 1 N–H and O–H groups in total. The van der Waals surface area contributed by atoms with Gasteiger partial charge in [-0.25, -0.2) is 8.78 Å². The van der Waals surface area contributed by atoms with Crippen LogP contribution in [0, 0.1) is 21.7 Å². The summed E-state index contributed by atoms with van der Waals surface area (Å²) >= 11 is 5.57. The van der Waals surface area contributed by atoms with Crippen LogP contribution in [0.2, 0.25) is 0 Å². The molecule has 0 saturated heterocycles. The molecule has 0 radical (unpaired) electrons. The zero-order chi connectivity index (χ0) is 15.3. The van der Waals surface area contributed by atoms with Gasteiger partial charge in [0.05, 0.1) is 23.6 Å². The van der Waals surface area contributed by atoms with Crippen molar-refractivity contribution in [3.63, 3.8) is 0 Å². The van der Waals surface area contributed by atoms with Crippen LogP contribution >= 0.6 is 11.6 Å². The molecule has 0 spiro atoms. The summed E-state index contributed by atoms with van der Waals surface area (Å²) in [6.45, 7) is 0.0761. The second kappa shape index (κ2) is 7.11. The van der Waals surface area contributed by atoms with Gasteiger partial charge in [-0.15, -0.1) is 11.6 Å². The molecule has 0 heterocycles. The van der Waals surface area contributed by atoms with Gasteiger partial charge < -0.3 is 10.1 Å². The topological polar surface area (TPSA) is 81.5 Å². The van der Waals surface area contributed by atoms with Gasteiger partial charge in [0.2, 0.25) is 0 Å². The van der Waals surface area contributed by atoms with Crippen molar-refractivity contribution in [2.75, 3.05) is 19.6 Å². The van der Waals surface area contributed by atoms with Gasteiger partial charge in [-0.3, -0.25) is 14.9 Å². The fraction of sp³-hybridized carbons (Fsp3) is 0.364. The van der Waals surface area contributed by atoms with E-state index in [0.29, 0.717) is 12.1 Å². The molecule has 110 valence electrons. The lowest BCUT2D eigenvalue weighted by molar-refractivity contribution is -0.385. The summed E-state index contributed by atoms with van der Waals surface area (Å²) in [5, 5.41) is 13.1. The molecular weight excluding hydrogens is 298 g/mol. The third-order valence-electron chi connectivity index (χ3n) is 2.37. The van der Waals surface area contributed by atoms with Crippen molar-refractivity contribution in [1.82, 2.24) is 5.32 Å². The predicted octanol–water partition coefficient (Wildman–Crippen LogP) is 1.86. The van der Waals surface area contributed by atoms with E-state index in [1.54, 1.807) is 0 Å². The summed E-state index contributed by atoms with van der Waals surface area (Å²) < 4.78 is 30.9. The maximum absolute atomic E-state index is 13.1. The van der Waals surface area contributed by atoms with Crippen LogP contribution in [0.4, 0.5) is 14.5 Å². The summed E-state index contributed by atoms with van der Waals surface area (Å²) in [6, 6.07) is 0.221. The Hall–Kier alpha value is -1.80. The number of nitro benzene ring substituents is 1. The maximum Gasteiger partial charge on any atom is 0.285 e. The third kappa shape index (κ3) is 3.84. The molecule has 0 aliphatic rings. The van der Waals surface area contributed by atoms with E-state index in [1.807, 2.05) is 0 Å². The largest absolute Gasteiger partial charge is 0.383 e. The average Bonchev–Trinajstić information content (AvgIpc) is 2.40. The molecule has 1 aromatic carbocycles. The van der Waals surface area contributed by atoms with Gasteiger partial charge in [0, 0.05) is 13.0 Å². The summed E-state index contributed by atoms with van der Waals surface area (Å²) in [7, 11) is 1.38. The number of hydrogen-bond donors (Lipinski definition) is 1. The Morgan fingerprint density at radius 2 is 2.10 bits per heavy atom. The van der Waals surface area contributed by atoms with E-state index < -0.39 is 39.8 Å². The molecule has 0 fully saturated rings. The van der Waals surface area contributed by atoms with Crippen LogP contribution in [0.3, 0.4) is 0 Å². The highest BCUT2D eigenvalue weighted by Gasteiger charge is 2.25. The molecule has 1 unspecified atom stereocenters. The monoisotopic (exact) mass is 308 g/mol. The summed E-state index contributed by atoms with van der Waals surface area (Å²) in [6.07, 6.45) is 0. The molecule has 20 heavy (non-hydrogen) atoms. The molecule has 0 aliphatic heterocycles. The molecule has 0 bridgehead atoms. The Morgan fingerprint density at radius 1 is 1.50 bits per heavy atom. The highest BCUT2D eigenvalue weighted by molar-refractivity contribution is 6.18. The number of methoxy groups -OCH3 is 1. The first-order valence-electron chi connectivity index (χ1n) is 5.39. The zero-order valence-corrected chi connectivity index (χ0v) is 11.1. The number of nitrogens with zero attached hydrogens (tertiary/aromatic N) is 1. The number of amides is 1. The number of carbonyl (C=O) groups excluding carboxylic acids is 1. The first-order chi connectivity index (χ1) is 9.40. The van der Waals surface area contributed by atoms with Gasteiger partial charge in [0.1, 0.15) is 5.56 Å². The molecular formula is C11H11ClF2N2O4. The Morgan fingerprint density at radius 3 is 2.60 bits per heavy atom. The number of ether oxygens (including phenoxy) is 1. The number of carbonyl (C=O) groups is 1. The average molecular weight is 309 g/mol. The molecule has 1 amide bonds. The minimum absolute atomic E-state index is 0.00292. The van der Waals surface area contributed by atoms with E-state index in [1.165, 1.54) is 7.11 Å². The molecule has 9 heteroatoms.